The zero-order chi connectivity index (χ0) is 24.4. The average Bonchev–Trinajstić information content (AvgIpc) is 3.56. The fourth-order valence-corrected chi connectivity index (χ4v) is 4.48. The number of nitrogens with zero attached hydrogens (tertiary/aromatic N) is 5. The number of ketones is 1. The fraction of sp³-hybridized carbons (Fsp3) is 0.500. The molecular formula is C24H31N9O2. The van der Waals surface area contributed by atoms with Gasteiger partial charge < -0.3 is 21.7 Å². The van der Waals surface area contributed by atoms with E-state index in [2.05, 4.69) is 30.9 Å². The van der Waals surface area contributed by atoms with Gasteiger partial charge in [0.2, 0.25) is 0 Å². The molecule has 0 unspecified atom stereocenters. The number of carbonyl (C=O) groups is 2. The summed E-state index contributed by atoms with van der Waals surface area (Å²) in [7, 11) is 0. The number of Topliss-reactive ketones (excluding diaryl/α,β-unsaturated/α-hetero) is 1. The minimum absolute atomic E-state index is 0.136. The van der Waals surface area contributed by atoms with Crippen LogP contribution in [-0.4, -0.2) is 54.4 Å². The highest BCUT2D eigenvalue weighted by atomic mass is 16.2. The van der Waals surface area contributed by atoms with Crippen LogP contribution in [0.5, 0.6) is 0 Å². The molecule has 3 aromatic heterocycles. The van der Waals surface area contributed by atoms with E-state index in [4.69, 9.17) is 10.8 Å². The summed E-state index contributed by atoms with van der Waals surface area (Å²) in [6, 6.07) is 3.87. The van der Waals surface area contributed by atoms with Gasteiger partial charge in [-0.3, -0.25) is 9.59 Å². The molecule has 184 valence electrons. The largest absolute Gasteiger partial charge is 0.379 e. The molecule has 11 heteroatoms. The Morgan fingerprint density at radius 2 is 1.83 bits per heavy atom. The van der Waals surface area contributed by atoms with Gasteiger partial charge in [0.25, 0.3) is 5.91 Å². The van der Waals surface area contributed by atoms with E-state index in [1.807, 2.05) is 6.07 Å². The molecular weight excluding hydrogens is 446 g/mol. The Labute approximate surface area is 203 Å². The second-order valence-electron chi connectivity index (χ2n) is 9.61. The molecule has 2 aliphatic rings. The summed E-state index contributed by atoms with van der Waals surface area (Å²) in [6.45, 7) is 1.75. The molecule has 3 aromatic rings. The zero-order valence-electron chi connectivity index (χ0n) is 19.8. The molecule has 1 amide bonds. The Bertz CT molecular complexity index is 1200. The van der Waals surface area contributed by atoms with Crippen LogP contribution in [0.1, 0.15) is 62.4 Å². The van der Waals surface area contributed by atoms with Crippen LogP contribution in [0.25, 0.3) is 5.65 Å². The molecule has 5 rings (SSSR count). The van der Waals surface area contributed by atoms with E-state index in [-0.39, 0.29) is 17.7 Å². The molecule has 0 aromatic carbocycles. The van der Waals surface area contributed by atoms with E-state index in [0.29, 0.717) is 41.4 Å². The number of nitrogens with one attached hydrogen (secondary N) is 3. The highest BCUT2D eigenvalue weighted by molar-refractivity contribution is 6.03. The van der Waals surface area contributed by atoms with Crippen LogP contribution in [0.15, 0.2) is 30.9 Å². The third-order valence-corrected chi connectivity index (χ3v) is 6.66. The van der Waals surface area contributed by atoms with Crippen molar-refractivity contribution in [2.24, 2.45) is 11.7 Å². The maximum Gasteiger partial charge on any atom is 0.277 e. The quantitative estimate of drug-likeness (QED) is 0.364. The first-order valence-corrected chi connectivity index (χ1v) is 12.2. The lowest BCUT2D eigenvalue weighted by Gasteiger charge is -2.29. The van der Waals surface area contributed by atoms with E-state index in [0.717, 1.165) is 44.2 Å². The van der Waals surface area contributed by atoms with Crippen molar-refractivity contribution in [2.75, 3.05) is 16.0 Å². The van der Waals surface area contributed by atoms with Crippen LogP contribution >= 0.6 is 0 Å². The first-order valence-electron chi connectivity index (χ1n) is 12.2. The van der Waals surface area contributed by atoms with Crippen LogP contribution in [0.3, 0.4) is 0 Å². The number of hydrogen-bond acceptors (Lipinski definition) is 9. The highest BCUT2D eigenvalue weighted by Gasteiger charge is 2.27. The number of hydrogen-bond donors (Lipinski definition) is 4. The van der Waals surface area contributed by atoms with E-state index in [1.165, 1.54) is 12.5 Å². The number of anilines is 3. The first kappa shape index (κ1) is 23.2. The molecule has 35 heavy (non-hydrogen) atoms. The van der Waals surface area contributed by atoms with E-state index in [1.54, 1.807) is 23.7 Å². The van der Waals surface area contributed by atoms with Crippen LogP contribution in [0, 0.1) is 5.92 Å². The minimum atomic E-state index is -0.393. The van der Waals surface area contributed by atoms with Crippen molar-refractivity contribution in [1.29, 1.82) is 0 Å². The predicted molar refractivity (Wildman–Crippen MR) is 132 cm³/mol. The Hall–Kier alpha value is -3.60. The van der Waals surface area contributed by atoms with Crippen LogP contribution in [-0.2, 0) is 4.79 Å². The zero-order valence-corrected chi connectivity index (χ0v) is 19.8. The summed E-state index contributed by atoms with van der Waals surface area (Å²) in [6.07, 6.45) is 11.1. The van der Waals surface area contributed by atoms with E-state index >= 15 is 0 Å². The van der Waals surface area contributed by atoms with Gasteiger partial charge in [0.05, 0.1) is 17.9 Å². The smallest absolute Gasteiger partial charge is 0.277 e. The number of carbonyl (C=O) groups excluding carboxylic acids is 2. The van der Waals surface area contributed by atoms with E-state index < -0.39 is 6.04 Å². The van der Waals surface area contributed by atoms with Crippen molar-refractivity contribution < 1.29 is 9.59 Å². The molecule has 2 aliphatic carbocycles. The molecule has 2 saturated carbocycles. The second-order valence-corrected chi connectivity index (χ2v) is 9.61. The summed E-state index contributed by atoms with van der Waals surface area (Å²) in [5.41, 5.74) is 7.50. The van der Waals surface area contributed by atoms with Crippen molar-refractivity contribution in [3.8, 4) is 0 Å². The third-order valence-electron chi connectivity index (χ3n) is 6.66. The van der Waals surface area contributed by atoms with Crippen molar-refractivity contribution in [3.63, 3.8) is 0 Å². The van der Waals surface area contributed by atoms with Gasteiger partial charge in [-0.1, -0.05) is 0 Å². The van der Waals surface area contributed by atoms with Crippen molar-refractivity contribution in [3.05, 3.63) is 36.5 Å². The lowest BCUT2D eigenvalue weighted by molar-refractivity contribution is -0.121. The van der Waals surface area contributed by atoms with Gasteiger partial charge in [-0.15, -0.1) is 5.10 Å². The lowest BCUT2D eigenvalue weighted by Crippen LogP contribution is -2.32. The van der Waals surface area contributed by atoms with Gasteiger partial charge in [0.1, 0.15) is 23.7 Å². The first-order chi connectivity index (χ1) is 17.0. The summed E-state index contributed by atoms with van der Waals surface area (Å²) < 4.78 is 1.58. The van der Waals surface area contributed by atoms with Crippen molar-refractivity contribution in [2.45, 2.75) is 70.0 Å². The topological polar surface area (TPSA) is 152 Å². The van der Waals surface area contributed by atoms with Crippen LogP contribution in [0.4, 0.5) is 17.3 Å². The highest BCUT2D eigenvalue weighted by Crippen LogP contribution is 2.31. The molecule has 11 nitrogen and oxygen atoms in total. The van der Waals surface area contributed by atoms with Gasteiger partial charge >= 0.3 is 0 Å². The normalized spacial score (nSPS) is 20.9. The van der Waals surface area contributed by atoms with E-state index in [9.17, 15) is 9.59 Å². The number of fused-ring (bicyclic) bond motifs is 1. The fourth-order valence-electron chi connectivity index (χ4n) is 4.48. The van der Waals surface area contributed by atoms with Gasteiger partial charge in [0, 0.05) is 30.8 Å². The number of rotatable bonds is 9. The number of aromatic nitrogens is 5. The average molecular weight is 478 g/mol. The molecule has 1 atom stereocenters. The van der Waals surface area contributed by atoms with Gasteiger partial charge in [0.15, 0.2) is 11.3 Å². The Balaban J connectivity index is 1.33. The molecule has 3 heterocycles. The maximum atomic E-state index is 13.0. The monoisotopic (exact) mass is 477 g/mol. The second kappa shape index (κ2) is 9.95. The standard InChI is InChI=1S/C24H31N9O2/c1-14(25)20(34)10-15-2-4-17(5-3-15)30-22-11-18(29-16-6-7-16)23-27-12-19(33(23)32-22)24(35)31-21-8-9-26-13-28-21/h8-9,11-17,29H,2-7,10,25H2,1H3,(H,30,32)(H,26,28,31,35)/t14-,15?,17?/m1/s1. The predicted octanol–water partition coefficient (Wildman–Crippen LogP) is 2.62. The Morgan fingerprint density at radius 3 is 2.51 bits per heavy atom. The SMILES string of the molecule is C[C@@H](N)C(=O)CC1CCC(Nc2cc(NC3CC3)c3ncc(C(=O)Nc4ccncn4)n3n2)CC1. The van der Waals surface area contributed by atoms with Gasteiger partial charge in [-0.05, 0) is 57.4 Å². The van der Waals surface area contributed by atoms with Crippen LogP contribution in [0.2, 0.25) is 0 Å². The van der Waals surface area contributed by atoms with Crippen molar-refractivity contribution in [1.82, 2.24) is 24.6 Å². The number of imidazole rings is 1. The van der Waals surface area contributed by atoms with Gasteiger partial charge in [-0.2, -0.15) is 0 Å². The number of nitrogens with two attached hydrogens (primary N) is 1. The molecule has 0 spiro atoms. The molecule has 2 fully saturated rings. The van der Waals surface area contributed by atoms with Gasteiger partial charge in [-0.25, -0.2) is 19.5 Å². The molecule has 0 radical (unpaired) electrons. The molecule has 0 saturated heterocycles. The molecule has 0 aliphatic heterocycles. The Kier molecular flexibility index (Phi) is 6.58. The molecule has 0 bridgehead atoms. The molecule has 5 N–H and O–H groups in total. The van der Waals surface area contributed by atoms with Crippen molar-refractivity contribution >= 4 is 34.7 Å². The minimum Gasteiger partial charge on any atom is -0.379 e. The maximum absolute atomic E-state index is 13.0. The summed E-state index contributed by atoms with van der Waals surface area (Å²) in [5, 5.41) is 14.5. The summed E-state index contributed by atoms with van der Waals surface area (Å²) in [4.78, 5) is 37.4. The summed E-state index contributed by atoms with van der Waals surface area (Å²) in [5.74, 6) is 1.27. The lowest BCUT2D eigenvalue weighted by atomic mass is 9.82. The Morgan fingerprint density at radius 1 is 1.09 bits per heavy atom. The van der Waals surface area contributed by atoms with Crippen LogP contribution < -0.4 is 21.7 Å². The number of amides is 1. The third kappa shape index (κ3) is 5.56. The summed E-state index contributed by atoms with van der Waals surface area (Å²) >= 11 is 0.